The average Bonchev–Trinajstić information content (AvgIpc) is 3.88. The molecule has 0 saturated carbocycles. The lowest BCUT2D eigenvalue weighted by Gasteiger charge is -2.27. The molecule has 0 aliphatic carbocycles. The van der Waals surface area contributed by atoms with Gasteiger partial charge in [0.15, 0.2) is 21.6 Å². The number of para-hydroxylation sites is 1. The van der Waals surface area contributed by atoms with E-state index in [1.807, 2.05) is 12.1 Å². The molecular formula is C43H48N8O7S2Si. The van der Waals surface area contributed by atoms with E-state index in [0.717, 1.165) is 5.56 Å². The number of nitrogens with two attached hydrogens (primary N) is 1. The van der Waals surface area contributed by atoms with E-state index in [9.17, 15) is 8.42 Å². The van der Waals surface area contributed by atoms with E-state index in [-0.39, 0.29) is 47.6 Å². The van der Waals surface area contributed by atoms with Crippen molar-refractivity contribution >= 4 is 44.9 Å². The highest BCUT2D eigenvalue weighted by molar-refractivity contribution is 7.93. The number of sulfonamides is 1. The van der Waals surface area contributed by atoms with Crippen LogP contribution in [0.3, 0.4) is 0 Å². The van der Waals surface area contributed by atoms with E-state index in [4.69, 9.17) is 19.9 Å². The van der Waals surface area contributed by atoms with Gasteiger partial charge in [-0.1, -0.05) is 74.2 Å². The number of anilines is 1. The lowest BCUT2D eigenvalue weighted by atomic mass is 9.97. The lowest BCUT2D eigenvalue weighted by Crippen LogP contribution is -2.32. The Hall–Kier alpha value is -6.08. The fourth-order valence-electron chi connectivity index (χ4n) is 6.95. The first kappa shape index (κ1) is 43.0. The molecule has 2 heterocycles. The SMILES string of the molecule is COc1ccc(CN(Cc2ccc(OC)cc2)S(=O)(=O)c2c(S(=O)(=O)CC[Si](C)(C)C)ccc(-c3cccc4[nH]c(N)nc34)c2-c2nnnn2Cc2ccc(OC)cc2)cc1. The first-order valence-corrected chi connectivity index (χ1v) is 26.2. The minimum Gasteiger partial charge on any atom is -0.497 e. The van der Waals surface area contributed by atoms with E-state index in [1.54, 1.807) is 106 Å². The van der Waals surface area contributed by atoms with E-state index in [2.05, 4.69) is 45.1 Å². The molecule has 0 saturated heterocycles. The molecule has 5 aromatic carbocycles. The van der Waals surface area contributed by atoms with Crippen LogP contribution in [0.15, 0.2) is 113 Å². The summed E-state index contributed by atoms with van der Waals surface area (Å²) in [6.07, 6.45) is 0. The van der Waals surface area contributed by atoms with Crippen molar-refractivity contribution in [3.63, 3.8) is 0 Å². The van der Waals surface area contributed by atoms with Crippen molar-refractivity contribution in [3.8, 4) is 39.8 Å². The summed E-state index contributed by atoms with van der Waals surface area (Å²) in [5.74, 6) is 1.75. The summed E-state index contributed by atoms with van der Waals surface area (Å²) in [5, 5.41) is 12.8. The fourth-order valence-corrected chi connectivity index (χ4v) is 13.7. The molecule has 0 bridgehead atoms. The Labute approximate surface area is 356 Å². The monoisotopic (exact) mass is 880 g/mol. The van der Waals surface area contributed by atoms with Gasteiger partial charge in [-0.3, -0.25) is 0 Å². The standard InChI is InChI=1S/C43H48N8O7S2Si/c1-56-32-16-10-29(11-17-32)26-50(27-30-12-18-33(57-2)19-13-30)60(54,55)41-38(59(52,53)24-25-61(4,5)6)23-22-35(36-8-7-9-37-40(36)46-43(44)45-37)39(41)42-47-48-49-51(42)28-31-14-20-34(58-3)21-15-31/h7-23H,24-28H2,1-6H3,(H3,44,45,46). The van der Waals surface area contributed by atoms with Gasteiger partial charge in [-0.2, -0.15) is 4.31 Å². The van der Waals surface area contributed by atoms with Crippen LogP contribution >= 0.6 is 0 Å². The Morgan fingerprint density at radius 2 is 1.28 bits per heavy atom. The number of fused-ring (bicyclic) bond motifs is 1. The van der Waals surface area contributed by atoms with Crippen LogP contribution < -0.4 is 19.9 Å². The third-order valence-electron chi connectivity index (χ3n) is 10.3. The Morgan fingerprint density at radius 3 is 1.82 bits per heavy atom. The van der Waals surface area contributed by atoms with Gasteiger partial charge in [-0.05, 0) is 87.3 Å². The van der Waals surface area contributed by atoms with Crippen molar-refractivity contribution < 1.29 is 31.0 Å². The number of ether oxygens (including phenoxy) is 3. The minimum absolute atomic E-state index is 0.00359. The number of benzene rings is 5. The number of methoxy groups -OCH3 is 3. The minimum atomic E-state index is -4.81. The molecule has 0 radical (unpaired) electrons. The highest BCUT2D eigenvalue weighted by Crippen LogP contribution is 2.44. The molecule has 0 aliphatic rings. The third kappa shape index (κ3) is 9.46. The van der Waals surface area contributed by atoms with Crippen molar-refractivity contribution in [2.45, 2.75) is 55.1 Å². The highest BCUT2D eigenvalue weighted by Gasteiger charge is 2.38. The van der Waals surface area contributed by atoms with Crippen molar-refractivity contribution in [2.24, 2.45) is 0 Å². The summed E-state index contributed by atoms with van der Waals surface area (Å²) in [6, 6.07) is 30.1. The van der Waals surface area contributed by atoms with Crippen molar-refractivity contribution in [2.75, 3.05) is 32.8 Å². The number of H-pyrrole nitrogens is 1. The number of aromatic amines is 1. The molecular weight excluding hydrogens is 833 g/mol. The number of tetrazole rings is 1. The highest BCUT2D eigenvalue weighted by atomic mass is 32.2. The molecule has 61 heavy (non-hydrogen) atoms. The quantitative estimate of drug-likeness (QED) is 0.0887. The molecule has 2 aromatic heterocycles. The van der Waals surface area contributed by atoms with Gasteiger partial charge >= 0.3 is 0 Å². The molecule has 0 fully saturated rings. The second-order valence-electron chi connectivity index (χ2n) is 15.7. The Kier molecular flexibility index (Phi) is 12.3. The van der Waals surface area contributed by atoms with Gasteiger partial charge in [0.2, 0.25) is 10.0 Å². The maximum absolute atomic E-state index is 16.1. The predicted molar refractivity (Wildman–Crippen MR) is 237 cm³/mol. The molecule has 0 unspecified atom stereocenters. The first-order chi connectivity index (χ1) is 29.1. The summed E-state index contributed by atoms with van der Waals surface area (Å²) in [4.78, 5) is 6.82. The van der Waals surface area contributed by atoms with Crippen LogP contribution in [0.4, 0.5) is 5.95 Å². The number of nitrogen functional groups attached to an aromatic ring is 1. The number of nitrogens with zero attached hydrogens (tertiary/aromatic N) is 6. The smallest absolute Gasteiger partial charge is 0.245 e. The van der Waals surface area contributed by atoms with Crippen LogP contribution in [-0.2, 0) is 39.5 Å². The number of hydrogen-bond donors (Lipinski definition) is 2. The largest absolute Gasteiger partial charge is 0.497 e. The molecule has 0 spiro atoms. The third-order valence-corrected chi connectivity index (χ3v) is 16.2. The Morgan fingerprint density at radius 1 is 0.721 bits per heavy atom. The molecule has 0 atom stereocenters. The van der Waals surface area contributed by atoms with Gasteiger partial charge in [-0.15, -0.1) is 5.10 Å². The van der Waals surface area contributed by atoms with Gasteiger partial charge in [0.25, 0.3) is 0 Å². The van der Waals surface area contributed by atoms with Gasteiger partial charge < -0.3 is 24.9 Å². The summed E-state index contributed by atoms with van der Waals surface area (Å²) < 4.78 is 80.7. The van der Waals surface area contributed by atoms with Gasteiger partial charge in [0, 0.05) is 26.7 Å². The fraction of sp³-hybridized carbons (Fsp3) is 0.256. The molecule has 0 aliphatic heterocycles. The summed E-state index contributed by atoms with van der Waals surface area (Å²) in [5.41, 5.74) is 10.1. The van der Waals surface area contributed by atoms with Gasteiger partial charge in [-0.25, -0.2) is 26.5 Å². The topological polar surface area (TPSA) is 198 Å². The zero-order valence-corrected chi connectivity index (χ0v) is 37.4. The first-order valence-electron chi connectivity index (χ1n) is 19.4. The average molecular weight is 881 g/mol. The van der Waals surface area contributed by atoms with Gasteiger partial charge in [0.05, 0.1) is 55.1 Å². The summed E-state index contributed by atoms with van der Waals surface area (Å²) in [7, 11) is -6.36. The number of sulfone groups is 1. The second-order valence-corrected chi connectivity index (χ2v) is 25.3. The van der Waals surface area contributed by atoms with Crippen LogP contribution in [0.1, 0.15) is 16.7 Å². The van der Waals surface area contributed by atoms with Crippen molar-refractivity contribution in [1.29, 1.82) is 0 Å². The normalized spacial score (nSPS) is 12.2. The Balaban J connectivity index is 1.54. The van der Waals surface area contributed by atoms with E-state index in [0.29, 0.717) is 56.6 Å². The second kappa shape index (κ2) is 17.5. The molecule has 7 aromatic rings. The number of nitrogens with one attached hydrogen (secondary N) is 1. The molecule has 0 amide bonds. The summed E-state index contributed by atoms with van der Waals surface area (Å²) >= 11 is 0. The molecule has 15 nitrogen and oxygen atoms in total. The zero-order chi connectivity index (χ0) is 43.5. The van der Waals surface area contributed by atoms with Crippen molar-refractivity contribution in [1.82, 2.24) is 34.5 Å². The van der Waals surface area contributed by atoms with E-state index in [1.165, 1.54) is 15.1 Å². The Bertz CT molecular complexity index is 2830. The van der Waals surface area contributed by atoms with Crippen LogP contribution in [0, 0.1) is 0 Å². The van der Waals surface area contributed by atoms with E-state index >= 15 is 8.42 Å². The number of hydrogen-bond acceptors (Lipinski definition) is 12. The van der Waals surface area contributed by atoms with Crippen molar-refractivity contribution in [3.05, 3.63) is 120 Å². The predicted octanol–water partition coefficient (Wildman–Crippen LogP) is 7.04. The van der Waals surface area contributed by atoms with Crippen LogP contribution in [-0.4, -0.2) is 86.5 Å². The number of aromatic nitrogens is 6. The molecule has 318 valence electrons. The van der Waals surface area contributed by atoms with Gasteiger partial charge in [0.1, 0.15) is 22.1 Å². The number of imidazole rings is 1. The van der Waals surface area contributed by atoms with Crippen LogP contribution in [0.25, 0.3) is 33.5 Å². The zero-order valence-electron chi connectivity index (χ0n) is 34.8. The van der Waals surface area contributed by atoms with Crippen LogP contribution in [0.5, 0.6) is 17.2 Å². The molecule has 18 heteroatoms. The number of rotatable bonds is 17. The maximum Gasteiger partial charge on any atom is 0.245 e. The lowest BCUT2D eigenvalue weighted by molar-refractivity contribution is 0.396. The van der Waals surface area contributed by atoms with E-state index < -0.39 is 32.8 Å². The van der Waals surface area contributed by atoms with Crippen LogP contribution in [0.2, 0.25) is 25.7 Å². The molecule has 3 N–H and O–H groups in total. The summed E-state index contributed by atoms with van der Waals surface area (Å²) in [6.45, 7) is 6.08. The maximum atomic E-state index is 16.1. The molecule has 7 rings (SSSR count).